The molecule has 24 heavy (non-hydrogen) atoms. The Bertz CT molecular complexity index is 690. The minimum absolute atomic E-state index is 0.0302. The second-order valence-corrected chi connectivity index (χ2v) is 7.33. The van der Waals surface area contributed by atoms with Crippen molar-refractivity contribution in [1.82, 2.24) is 14.5 Å². The van der Waals surface area contributed by atoms with Gasteiger partial charge in [0.05, 0.1) is 5.60 Å². The van der Waals surface area contributed by atoms with E-state index in [1.807, 2.05) is 6.92 Å². The molecular weight excluding hydrogens is 310 g/mol. The number of carbonyl (C=O) groups excluding carboxylic acids is 1. The molecule has 0 bridgehead atoms. The molecule has 0 aromatic carbocycles. The Hall–Kier alpha value is -1.89. The normalized spacial score (nSPS) is 24.4. The topological polar surface area (TPSA) is 95.4 Å². The van der Waals surface area contributed by atoms with Gasteiger partial charge < -0.3 is 14.6 Å². The van der Waals surface area contributed by atoms with Gasteiger partial charge >= 0.3 is 5.69 Å². The summed E-state index contributed by atoms with van der Waals surface area (Å²) in [6.07, 6.45) is 3.03. The molecule has 2 heterocycles. The fourth-order valence-corrected chi connectivity index (χ4v) is 3.24. The fourth-order valence-electron chi connectivity index (χ4n) is 3.24. The van der Waals surface area contributed by atoms with E-state index in [1.54, 1.807) is 4.90 Å². The largest absolute Gasteiger partial charge is 0.390 e. The van der Waals surface area contributed by atoms with Crippen LogP contribution in [0.25, 0.3) is 0 Å². The number of rotatable bonds is 5. The molecule has 1 aliphatic rings. The molecule has 0 radical (unpaired) electrons. The zero-order valence-corrected chi connectivity index (χ0v) is 14.6. The summed E-state index contributed by atoms with van der Waals surface area (Å²) in [7, 11) is 0. The van der Waals surface area contributed by atoms with Gasteiger partial charge in [0.1, 0.15) is 0 Å². The van der Waals surface area contributed by atoms with E-state index in [4.69, 9.17) is 0 Å². The third-order valence-corrected chi connectivity index (χ3v) is 4.78. The molecule has 0 spiro atoms. The number of carbonyl (C=O) groups is 1. The molecule has 1 fully saturated rings. The molecule has 1 aromatic heterocycles. The van der Waals surface area contributed by atoms with Crippen molar-refractivity contribution >= 4 is 5.91 Å². The number of aromatic nitrogens is 2. The number of piperidine rings is 1. The van der Waals surface area contributed by atoms with Crippen LogP contribution in [0.4, 0.5) is 0 Å². The Labute approximate surface area is 141 Å². The van der Waals surface area contributed by atoms with Crippen molar-refractivity contribution in [3.63, 3.8) is 0 Å². The van der Waals surface area contributed by atoms with Crippen molar-refractivity contribution in [2.24, 2.45) is 11.8 Å². The zero-order chi connectivity index (χ0) is 17.9. The summed E-state index contributed by atoms with van der Waals surface area (Å²) in [5.41, 5.74) is -1.69. The van der Waals surface area contributed by atoms with Gasteiger partial charge in [-0.15, -0.1) is 0 Å². The fraction of sp³-hybridized carbons (Fsp3) is 0.706. The summed E-state index contributed by atoms with van der Waals surface area (Å²) in [5, 5.41) is 10.5. The SMILES string of the molecule is CC(C)C[C@@H]1CN(C(=O)CCn2ccc(=O)[nH]c2=O)CC[C@]1(C)O. The molecule has 1 amide bonds. The van der Waals surface area contributed by atoms with Crippen LogP contribution < -0.4 is 11.2 Å². The number of H-pyrrole nitrogens is 1. The van der Waals surface area contributed by atoms with Gasteiger partial charge in [-0.3, -0.25) is 14.6 Å². The molecule has 2 N–H and O–H groups in total. The highest BCUT2D eigenvalue weighted by Crippen LogP contribution is 2.32. The number of amides is 1. The minimum Gasteiger partial charge on any atom is -0.390 e. The molecule has 0 aliphatic carbocycles. The first-order valence-corrected chi connectivity index (χ1v) is 8.49. The highest BCUT2D eigenvalue weighted by Gasteiger charge is 2.38. The lowest BCUT2D eigenvalue weighted by molar-refractivity contribution is -0.139. The van der Waals surface area contributed by atoms with E-state index in [0.29, 0.717) is 25.4 Å². The number of likely N-dealkylation sites (tertiary alicyclic amines) is 1. The lowest BCUT2D eigenvalue weighted by Gasteiger charge is -2.43. The monoisotopic (exact) mass is 337 g/mol. The maximum Gasteiger partial charge on any atom is 0.328 e. The van der Waals surface area contributed by atoms with E-state index < -0.39 is 16.9 Å². The Kier molecular flexibility index (Phi) is 5.64. The molecule has 0 unspecified atom stereocenters. The molecule has 0 saturated carbocycles. The molecule has 2 rings (SSSR count). The highest BCUT2D eigenvalue weighted by atomic mass is 16.3. The Morgan fingerprint density at radius 1 is 1.46 bits per heavy atom. The van der Waals surface area contributed by atoms with Gasteiger partial charge in [0.2, 0.25) is 5.91 Å². The van der Waals surface area contributed by atoms with Gasteiger partial charge in [-0.1, -0.05) is 13.8 Å². The number of aryl methyl sites for hydroxylation is 1. The molecule has 7 heteroatoms. The van der Waals surface area contributed by atoms with Crippen LogP contribution >= 0.6 is 0 Å². The quantitative estimate of drug-likeness (QED) is 0.821. The highest BCUT2D eigenvalue weighted by molar-refractivity contribution is 5.76. The van der Waals surface area contributed by atoms with E-state index in [9.17, 15) is 19.5 Å². The van der Waals surface area contributed by atoms with Crippen LogP contribution in [0.3, 0.4) is 0 Å². The van der Waals surface area contributed by atoms with Crippen LogP contribution in [-0.2, 0) is 11.3 Å². The van der Waals surface area contributed by atoms with Gasteiger partial charge in [0.25, 0.3) is 5.56 Å². The number of aliphatic hydroxyl groups is 1. The van der Waals surface area contributed by atoms with Crippen molar-refractivity contribution in [1.29, 1.82) is 0 Å². The summed E-state index contributed by atoms with van der Waals surface area (Å²) < 4.78 is 1.32. The number of nitrogens with one attached hydrogen (secondary N) is 1. The van der Waals surface area contributed by atoms with Gasteiger partial charge in [-0.05, 0) is 25.7 Å². The van der Waals surface area contributed by atoms with Crippen LogP contribution in [0, 0.1) is 11.8 Å². The average Bonchev–Trinajstić information content (AvgIpc) is 2.47. The first-order valence-electron chi connectivity index (χ1n) is 8.49. The number of hydrogen-bond donors (Lipinski definition) is 2. The summed E-state index contributed by atoms with van der Waals surface area (Å²) in [4.78, 5) is 39.1. The molecule has 1 saturated heterocycles. The number of hydrogen-bond acceptors (Lipinski definition) is 4. The van der Waals surface area contributed by atoms with E-state index >= 15 is 0 Å². The summed E-state index contributed by atoms with van der Waals surface area (Å²) in [5.74, 6) is 0.486. The summed E-state index contributed by atoms with van der Waals surface area (Å²) >= 11 is 0. The minimum atomic E-state index is -0.739. The third-order valence-electron chi connectivity index (χ3n) is 4.78. The Balaban J connectivity index is 1.97. The molecular formula is C17H27N3O4. The standard InChI is InChI=1S/C17H27N3O4/c1-12(2)10-13-11-20(9-6-17(13,3)24)15(22)5-8-19-7-4-14(21)18-16(19)23/h4,7,12-13,24H,5-6,8-11H2,1-3H3,(H,18,21,23)/t13-,17+/m1/s1. The lowest BCUT2D eigenvalue weighted by atomic mass is 9.78. The lowest BCUT2D eigenvalue weighted by Crippen LogP contribution is -2.52. The maximum atomic E-state index is 12.4. The Morgan fingerprint density at radius 2 is 2.17 bits per heavy atom. The van der Waals surface area contributed by atoms with Crippen molar-refractivity contribution in [3.8, 4) is 0 Å². The van der Waals surface area contributed by atoms with Crippen molar-refractivity contribution in [2.75, 3.05) is 13.1 Å². The molecule has 134 valence electrons. The number of nitrogens with zero attached hydrogens (tertiary/aromatic N) is 2. The first-order chi connectivity index (χ1) is 11.2. The first kappa shape index (κ1) is 18.4. The van der Waals surface area contributed by atoms with Gasteiger partial charge in [0, 0.05) is 44.2 Å². The molecule has 1 aromatic rings. The summed E-state index contributed by atoms with van der Waals surface area (Å²) in [6, 6.07) is 1.27. The van der Waals surface area contributed by atoms with Gasteiger partial charge in [0.15, 0.2) is 0 Å². The predicted octanol–water partition coefficient (Wildman–Crippen LogP) is 0.572. The van der Waals surface area contributed by atoms with E-state index in [-0.39, 0.29) is 24.8 Å². The van der Waals surface area contributed by atoms with Gasteiger partial charge in [-0.25, -0.2) is 4.79 Å². The van der Waals surface area contributed by atoms with E-state index in [1.165, 1.54) is 16.8 Å². The van der Waals surface area contributed by atoms with Crippen LogP contribution in [0.2, 0.25) is 0 Å². The molecule has 1 aliphatic heterocycles. The average molecular weight is 337 g/mol. The second-order valence-electron chi connectivity index (χ2n) is 7.33. The molecule has 7 nitrogen and oxygen atoms in total. The zero-order valence-electron chi connectivity index (χ0n) is 14.6. The maximum absolute atomic E-state index is 12.4. The predicted molar refractivity (Wildman–Crippen MR) is 90.7 cm³/mol. The van der Waals surface area contributed by atoms with Crippen molar-refractivity contribution < 1.29 is 9.90 Å². The second kappa shape index (κ2) is 7.34. The molecule has 2 atom stereocenters. The Morgan fingerprint density at radius 3 is 2.79 bits per heavy atom. The van der Waals surface area contributed by atoms with Crippen molar-refractivity contribution in [2.45, 2.75) is 52.2 Å². The van der Waals surface area contributed by atoms with Crippen LogP contribution in [0.15, 0.2) is 21.9 Å². The third kappa shape index (κ3) is 4.56. The van der Waals surface area contributed by atoms with Crippen molar-refractivity contribution in [3.05, 3.63) is 33.1 Å². The summed E-state index contributed by atoms with van der Waals surface area (Å²) in [6.45, 7) is 7.38. The van der Waals surface area contributed by atoms with Crippen LogP contribution in [-0.4, -0.2) is 44.2 Å². The van der Waals surface area contributed by atoms with E-state index in [0.717, 1.165) is 6.42 Å². The number of aromatic amines is 1. The smallest absolute Gasteiger partial charge is 0.328 e. The van der Waals surface area contributed by atoms with Crippen LogP contribution in [0.1, 0.15) is 40.0 Å². The van der Waals surface area contributed by atoms with Gasteiger partial charge in [-0.2, -0.15) is 0 Å². The van der Waals surface area contributed by atoms with E-state index in [2.05, 4.69) is 18.8 Å². The van der Waals surface area contributed by atoms with Crippen LogP contribution in [0.5, 0.6) is 0 Å².